The second-order valence-electron chi connectivity index (χ2n) is 7.48. The Morgan fingerprint density at radius 1 is 0.758 bits per heavy atom. The van der Waals surface area contributed by atoms with Gasteiger partial charge < -0.3 is 5.32 Å². The molecule has 0 spiro atoms. The molecule has 6 nitrogen and oxygen atoms in total. The van der Waals surface area contributed by atoms with E-state index in [0.717, 1.165) is 15.7 Å². The molecule has 0 atom stereocenters. The predicted octanol–water partition coefficient (Wildman–Crippen LogP) is 4.77. The van der Waals surface area contributed by atoms with E-state index in [1.807, 2.05) is 36.4 Å². The van der Waals surface area contributed by atoms with Crippen LogP contribution >= 0.6 is 12.2 Å². The van der Waals surface area contributed by atoms with E-state index in [-0.39, 0.29) is 22.1 Å². The van der Waals surface area contributed by atoms with Crippen LogP contribution in [0.1, 0.15) is 31.1 Å². The van der Waals surface area contributed by atoms with Crippen molar-refractivity contribution in [2.24, 2.45) is 0 Å². The maximum absolute atomic E-state index is 13.1. The first-order valence-electron chi connectivity index (χ1n) is 10.2. The summed E-state index contributed by atoms with van der Waals surface area (Å²) in [6.45, 7) is 0. The molecule has 1 aliphatic heterocycles. The van der Waals surface area contributed by atoms with Crippen molar-refractivity contribution in [3.63, 3.8) is 0 Å². The fourth-order valence-corrected chi connectivity index (χ4v) is 4.06. The molecule has 0 saturated carbocycles. The number of hydrogen-bond donors (Lipinski definition) is 2. The Morgan fingerprint density at radius 3 is 2.27 bits per heavy atom. The van der Waals surface area contributed by atoms with E-state index in [1.165, 1.54) is 0 Å². The minimum atomic E-state index is -0.451. The van der Waals surface area contributed by atoms with Crippen molar-refractivity contribution in [2.75, 3.05) is 10.2 Å². The number of hydrogen-bond acceptors (Lipinski definition) is 4. The maximum atomic E-state index is 13.1. The molecule has 4 aromatic carbocycles. The Bertz CT molecular complexity index is 1450. The topological polar surface area (TPSA) is 78.5 Å². The number of nitrogens with one attached hydrogen (secondary N) is 2. The molecule has 1 heterocycles. The molecule has 0 saturated heterocycles. The second kappa shape index (κ2) is 8.29. The molecule has 1 aliphatic rings. The molecular weight excluding hydrogens is 434 g/mol. The molecule has 160 valence electrons. The van der Waals surface area contributed by atoms with Gasteiger partial charge in [-0.2, -0.15) is 0 Å². The van der Waals surface area contributed by atoms with Gasteiger partial charge in [-0.25, -0.2) is 4.90 Å². The first kappa shape index (κ1) is 20.5. The molecule has 4 aromatic rings. The molecule has 0 fully saturated rings. The Labute approximate surface area is 194 Å². The summed E-state index contributed by atoms with van der Waals surface area (Å²) in [4.78, 5) is 39.8. The number of carbonyl (C=O) groups is 3. The highest BCUT2D eigenvalue weighted by molar-refractivity contribution is 7.80. The average Bonchev–Trinajstić information content (AvgIpc) is 3.09. The van der Waals surface area contributed by atoms with Crippen LogP contribution < -0.4 is 15.5 Å². The highest BCUT2D eigenvalue weighted by Crippen LogP contribution is 2.32. The van der Waals surface area contributed by atoms with E-state index in [4.69, 9.17) is 12.2 Å². The summed E-state index contributed by atoms with van der Waals surface area (Å²) in [5.41, 5.74) is 1.79. The average molecular weight is 452 g/mol. The van der Waals surface area contributed by atoms with Gasteiger partial charge in [0.15, 0.2) is 5.11 Å². The lowest BCUT2D eigenvalue weighted by molar-refractivity contribution is 0.0924. The summed E-state index contributed by atoms with van der Waals surface area (Å²) in [5.74, 6) is -1.23. The van der Waals surface area contributed by atoms with E-state index >= 15 is 0 Å². The minimum absolute atomic E-state index is 0.0277. The van der Waals surface area contributed by atoms with Gasteiger partial charge in [-0.15, -0.1) is 0 Å². The van der Waals surface area contributed by atoms with Crippen LogP contribution in [0, 0.1) is 0 Å². The molecule has 5 rings (SSSR count). The fraction of sp³-hybridized carbons (Fsp3) is 0. The molecule has 0 radical (unpaired) electrons. The third-order valence-corrected chi connectivity index (χ3v) is 5.62. The number of anilines is 2. The number of rotatable bonds is 3. The van der Waals surface area contributed by atoms with Crippen molar-refractivity contribution >= 4 is 57.2 Å². The zero-order chi connectivity index (χ0) is 22.9. The number of carbonyl (C=O) groups excluding carboxylic acids is 3. The van der Waals surface area contributed by atoms with Crippen LogP contribution in [-0.2, 0) is 0 Å². The van der Waals surface area contributed by atoms with E-state index < -0.39 is 11.8 Å². The number of fused-ring (bicyclic) bond motifs is 2. The number of imide groups is 1. The van der Waals surface area contributed by atoms with Crippen molar-refractivity contribution in [1.29, 1.82) is 0 Å². The van der Waals surface area contributed by atoms with E-state index in [9.17, 15) is 14.4 Å². The molecule has 3 amide bonds. The van der Waals surface area contributed by atoms with Crippen molar-refractivity contribution < 1.29 is 14.4 Å². The first-order chi connectivity index (χ1) is 16.0. The monoisotopic (exact) mass is 451 g/mol. The fourth-order valence-electron chi connectivity index (χ4n) is 3.86. The van der Waals surface area contributed by atoms with Gasteiger partial charge in [0.25, 0.3) is 17.7 Å². The third kappa shape index (κ3) is 3.75. The SMILES string of the molecule is O=C(NC(=S)Nc1cccc2c1C(=O)N(c1ccccc1)C2=O)c1ccc2ccccc2c1. The lowest BCUT2D eigenvalue weighted by atomic mass is 10.1. The summed E-state index contributed by atoms with van der Waals surface area (Å²) in [5, 5.41) is 7.54. The summed E-state index contributed by atoms with van der Waals surface area (Å²) in [6, 6.07) is 26.7. The van der Waals surface area contributed by atoms with Crippen molar-refractivity contribution in [1.82, 2.24) is 5.32 Å². The molecule has 7 heteroatoms. The van der Waals surface area contributed by atoms with Crippen LogP contribution in [0.5, 0.6) is 0 Å². The smallest absolute Gasteiger partial charge is 0.268 e. The molecule has 0 aliphatic carbocycles. The van der Waals surface area contributed by atoms with Gasteiger partial charge in [0.1, 0.15) is 0 Å². The minimum Gasteiger partial charge on any atom is -0.332 e. The summed E-state index contributed by atoms with van der Waals surface area (Å²) < 4.78 is 0. The van der Waals surface area contributed by atoms with Crippen molar-refractivity contribution in [2.45, 2.75) is 0 Å². The standard InChI is InChI=1S/C26H17N3O3S/c30-23(18-14-13-16-7-4-5-8-17(16)15-18)28-26(33)27-21-12-6-11-20-22(21)25(32)29(24(20)31)19-9-2-1-3-10-19/h1-15H,(H2,27,28,30,33). The van der Waals surface area contributed by atoms with Gasteiger partial charge in [0.2, 0.25) is 0 Å². The summed E-state index contributed by atoms with van der Waals surface area (Å²) in [7, 11) is 0. The molecule has 33 heavy (non-hydrogen) atoms. The van der Waals surface area contributed by atoms with Crippen molar-refractivity contribution in [3.8, 4) is 0 Å². The predicted molar refractivity (Wildman–Crippen MR) is 132 cm³/mol. The van der Waals surface area contributed by atoms with Gasteiger partial charge in [0, 0.05) is 5.56 Å². The summed E-state index contributed by atoms with van der Waals surface area (Å²) in [6.07, 6.45) is 0. The quantitative estimate of drug-likeness (QED) is 0.347. The Morgan fingerprint density at radius 2 is 1.48 bits per heavy atom. The Balaban J connectivity index is 1.37. The zero-order valence-corrected chi connectivity index (χ0v) is 18.1. The Kier molecular flexibility index (Phi) is 5.16. The lowest BCUT2D eigenvalue weighted by Gasteiger charge is -2.14. The van der Waals surface area contributed by atoms with Crippen LogP contribution in [0.3, 0.4) is 0 Å². The Hall–Kier alpha value is -4.36. The first-order valence-corrected chi connectivity index (χ1v) is 10.6. The molecule has 2 N–H and O–H groups in total. The number of nitrogens with zero attached hydrogens (tertiary/aromatic N) is 1. The molecule has 0 bridgehead atoms. The van der Waals surface area contributed by atoms with Crippen LogP contribution in [0.15, 0.2) is 91.0 Å². The zero-order valence-electron chi connectivity index (χ0n) is 17.2. The molecule has 0 unspecified atom stereocenters. The van der Waals surface area contributed by atoms with Crippen molar-refractivity contribution in [3.05, 3.63) is 108 Å². The van der Waals surface area contributed by atoms with E-state index in [0.29, 0.717) is 16.9 Å². The third-order valence-electron chi connectivity index (χ3n) is 5.42. The summed E-state index contributed by atoms with van der Waals surface area (Å²) >= 11 is 5.32. The van der Waals surface area contributed by atoms with Crippen LogP contribution in [0.2, 0.25) is 0 Å². The molecular formula is C26H17N3O3S. The van der Waals surface area contributed by atoms with Gasteiger partial charge in [-0.3, -0.25) is 19.7 Å². The van der Waals surface area contributed by atoms with Gasteiger partial charge in [-0.1, -0.05) is 54.6 Å². The largest absolute Gasteiger partial charge is 0.332 e. The number of amides is 3. The number of benzene rings is 4. The maximum Gasteiger partial charge on any atom is 0.268 e. The van der Waals surface area contributed by atoms with E-state index in [1.54, 1.807) is 54.6 Å². The van der Waals surface area contributed by atoms with E-state index in [2.05, 4.69) is 10.6 Å². The van der Waals surface area contributed by atoms with Crippen LogP contribution in [-0.4, -0.2) is 22.8 Å². The molecule has 0 aromatic heterocycles. The lowest BCUT2D eigenvalue weighted by Crippen LogP contribution is -2.34. The second-order valence-corrected chi connectivity index (χ2v) is 7.89. The van der Waals surface area contributed by atoms with Crippen LogP contribution in [0.4, 0.5) is 11.4 Å². The van der Waals surface area contributed by atoms with Gasteiger partial charge in [-0.05, 0) is 59.4 Å². The highest BCUT2D eigenvalue weighted by Gasteiger charge is 2.38. The van der Waals surface area contributed by atoms with Gasteiger partial charge in [0.05, 0.1) is 22.5 Å². The normalized spacial score (nSPS) is 12.5. The van der Waals surface area contributed by atoms with Gasteiger partial charge >= 0.3 is 0 Å². The number of thiocarbonyl (C=S) groups is 1. The highest BCUT2D eigenvalue weighted by atomic mass is 32.1. The number of para-hydroxylation sites is 1. The van der Waals surface area contributed by atoms with Crippen LogP contribution in [0.25, 0.3) is 10.8 Å².